The summed E-state index contributed by atoms with van der Waals surface area (Å²) in [6.45, 7) is 0. The number of hydrogen-bond donors (Lipinski definition) is 1. The maximum atomic E-state index is 11.2. The van der Waals surface area contributed by atoms with E-state index in [1.807, 2.05) is 0 Å². The van der Waals surface area contributed by atoms with Crippen molar-refractivity contribution in [3.05, 3.63) is 16.3 Å². The zero-order valence-electron chi connectivity index (χ0n) is 9.74. The first kappa shape index (κ1) is 18.8. The number of esters is 1. The number of nitrogens with one attached hydrogen (secondary N) is 1. The molecule has 0 spiro atoms. The molecule has 0 radical (unpaired) electrons. The Hall–Kier alpha value is -0.250. The van der Waals surface area contributed by atoms with E-state index in [4.69, 9.17) is 0 Å². The Morgan fingerprint density at radius 2 is 1.84 bits per heavy atom. The van der Waals surface area contributed by atoms with E-state index in [1.165, 1.54) is 18.4 Å². The van der Waals surface area contributed by atoms with Crippen LogP contribution in [0.4, 0.5) is 5.69 Å². The molecule has 0 aromatic carbocycles. The third kappa shape index (κ3) is 7.81. The summed E-state index contributed by atoms with van der Waals surface area (Å²) in [6, 6.07) is 0. The Kier molecular flexibility index (Phi) is 10.4. The van der Waals surface area contributed by atoms with E-state index in [1.54, 1.807) is 10.8 Å². The third-order valence-corrected chi connectivity index (χ3v) is 4.36. The van der Waals surface area contributed by atoms with Gasteiger partial charge < -0.3 is 10.1 Å². The number of thiophene rings is 1. The maximum absolute atomic E-state index is 11.2. The van der Waals surface area contributed by atoms with Crippen molar-refractivity contribution < 1.29 is 19.1 Å². The first-order valence-corrected chi connectivity index (χ1v) is 8.68. The Morgan fingerprint density at radius 3 is 2.26 bits per heavy atom. The molecule has 0 atom stereocenters. The molecule has 106 valence electrons. The number of halogens is 3. The second-order valence-corrected chi connectivity index (χ2v) is 5.61. The fourth-order valence-corrected chi connectivity index (χ4v) is 1.73. The van der Waals surface area contributed by atoms with Gasteiger partial charge in [-0.1, -0.05) is 31.9 Å². The van der Waals surface area contributed by atoms with Crippen molar-refractivity contribution in [3.63, 3.8) is 0 Å². The van der Waals surface area contributed by atoms with Gasteiger partial charge in [-0.25, -0.2) is 4.79 Å². The summed E-state index contributed by atoms with van der Waals surface area (Å²) in [6.07, 6.45) is 0. The van der Waals surface area contributed by atoms with E-state index in [0.29, 0.717) is 16.6 Å². The quantitative estimate of drug-likeness (QED) is 0.409. The normalized spacial score (nSPS) is 9.05. The van der Waals surface area contributed by atoms with Crippen LogP contribution >= 0.6 is 59.1 Å². The smallest absolute Gasteiger partial charge is 0.340 e. The second-order valence-electron chi connectivity index (χ2n) is 2.86. The first-order chi connectivity index (χ1) is 8.96. The SMILES string of the molecule is COC(=O)c1cscc1NC(=O)CBr.O=C(Br)CBr. The number of ether oxygens (including phenoxy) is 1. The third-order valence-electron chi connectivity index (χ3n) is 1.57. The molecule has 0 aliphatic rings. The van der Waals surface area contributed by atoms with Crippen molar-refractivity contribution in [1.29, 1.82) is 0 Å². The van der Waals surface area contributed by atoms with E-state index in [0.717, 1.165) is 0 Å². The second kappa shape index (κ2) is 10.5. The standard InChI is InChI=1S/C8H8BrNO3S.C2H2Br2O/c1-13-8(12)5-3-14-4-6(5)10-7(11)2-9;3-1-2(4)5/h3-4H,2H2,1H3,(H,10,11);1H2. The molecular formula is C10H10Br3NO4S. The van der Waals surface area contributed by atoms with Crippen LogP contribution in [0.1, 0.15) is 10.4 Å². The van der Waals surface area contributed by atoms with Crippen molar-refractivity contribution >= 4 is 81.4 Å². The lowest BCUT2D eigenvalue weighted by Crippen LogP contribution is -2.14. The van der Waals surface area contributed by atoms with E-state index < -0.39 is 5.97 Å². The average Bonchev–Trinajstić information content (AvgIpc) is 2.86. The van der Waals surface area contributed by atoms with E-state index in [9.17, 15) is 14.4 Å². The molecule has 1 amide bonds. The number of methoxy groups -OCH3 is 1. The average molecular weight is 480 g/mol. The molecule has 9 heteroatoms. The van der Waals surface area contributed by atoms with Crippen LogP contribution in [-0.4, -0.2) is 34.3 Å². The van der Waals surface area contributed by atoms with E-state index >= 15 is 0 Å². The fraction of sp³-hybridized carbons (Fsp3) is 0.300. The summed E-state index contributed by atoms with van der Waals surface area (Å²) >= 11 is 9.95. The van der Waals surface area contributed by atoms with Gasteiger partial charge in [0.2, 0.25) is 10.6 Å². The Morgan fingerprint density at radius 1 is 1.26 bits per heavy atom. The van der Waals surface area contributed by atoms with Gasteiger partial charge in [-0.05, 0) is 15.9 Å². The van der Waals surface area contributed by atoms with Crippen LogP contribution in [0.15, 0.2) is 10.8 Å². The molecule has 0 aliphatic carbocycles. The molecule has 0 saturated heterocycles. The molecule has 19 heavy (non-hydrogen) atoms. The molecule has 1 heterocycles. The number of carbonyl (C=O) groups is 3. The van der Waals surface area contributed by atoms with Crippen molar-refractivity contribution in [2.24, 2.45) is 0 Å². The fourth-order valence-electron chi connectivity index (χ4n) is 0.846. The van der Waals surface area contributed by atoms with Crippen LogP contribution in [0, 0.1) is 0 Å². The van der Waals surface area contributed by atoms with Gasteiger partial charge in [0.05, 0.1) is 29.0 Å². The summed E-state index contributed by atoms with van der Waals surface area (Å²) in [5, 5.41) is 6.49. The minimum absolute atomic E-state index is 0.0162. The van der Waals surface area contributed by atoms with Crippen LogP contribution in [0.3, 0.4) is 0 Å². The first-order valence-electron chi connectivity index (χ1n) is 4.70. The highest BCUT2D eigenvalue weighted by Gasteiger charge is 2.14. The lowest BCUT2D eigenvalue weighted by Gasteiger charge is -2.02. The molecule has 1 N–H and O–H groups in total. The number of carbonyl (C=O) groups excluding carboxylic acids is 3. The number of alkyl halides is 2. The molecule has 1 aromatic heterocycles. The Labute approximate surface area is 139 Å². The van der Waals surface area contributed by atoms with Gasteiger partial charge in [-0.2, -0.15) is 0 Å². The highest BCUT2D eigenvalue weighted by atomic mass is 79.9. The van der Waals surface area contributed by atoms with Crippen LogP contribution in [-0.2, 0) is 14.3 Å². The molecule has 0 saturated carbocycles. The summed E-state index contributed by atoms with van der Waals surface area (Å²) in [7, 11) is 1.30. The summed E-state index contributed by atoms with van der Waals surface area (Å²) in [5.41, 5.74) is 0.873. The molecule has 0 aliphatic heterocycles. The number of hydrogen-bond acceptors (Lipinski definition) is 5. The predicted octanol–water partition coefficient (Wildman–Crippen LogP) is 3.17. The molecule has 0 unspecified atom stereocenters. The summed E-state index contributed by atoms with van der Waals surface area (Å²) in [5.74, 6) is -0.648. The van der Waals surface area contributed by atoms with E-state index in [-0.39, 0.29) is 15.9 Å². The van der Waals surface area contributed by atoms with Crippen LogP contribution in [0.2, 0.25) is 0 Å². The molecule has 1 aromatic rings. The van der Waals surface area contributed by atoms with Crippen LogP contribution < -0.4 is 5.32 Å². The van der Waals surface area contributed by atoms with Gasteiger partial charge in [0.1, 0.15) is 0 Å². The van der Waals surface area contributed by atoms with Crippen LogP contribution in [0.5, 0.6) is 0 Å². The monoisotopic (exact) mass is 477 g/mol. The highest BCUT2D eigenvalue weighted by molar-refractivity contribution is 9.19. The largest absolute Gasteiger partial charge is 0.465 e. The minimum atomic E-state index is -0.448. The van der Waals surface area contributed by atoms with Crippen molar-refractivity contribution in [2.75, 3.05) is 23.1 Å². The lowest BCUT2D eigenvalue weighted by atomic mass is 10.3. The number of rotatable bonds is 4. The Balaban J connectivity index is 0.000000555. The molecule has 0 fully saturated rings. The summed E-state index contributed by atoms with van der Waals surface area (Å²) in [4.78, 5) is 31.9. The van der Waals surface area contributed by atoms with Crippen molar-refractivity contribution in [1.82, 2.24) is 0 Å². The van der Waals surface area contributed by atoms with Crippen molar-refractivity contribution in [2.45, 2.75) is 0 Å². The van der Waals surface area contributed by atoms with Gasteiger partial charge in [-0.3, -0.25) is 9.59 Å². The maximum Gasteiger partial charge on any atom is 0.340 e. The zero-order valence-corrected chi connectivity index (χ0v) is 15.3. The highest BCUT2D eigenvalue weighted by Crippen LogP contribution is 2.21. The van der Waals surface area contributed by atoms with Gasteiger partial charge in [0.15, 0.2) is 0 Å². The van der Waals surface area contributed by atoms with Crippen molar-refractivity contribution in [3.8, 4) is 0 Å². The van der Waals surface area contributed by atoms with Gasteiger partial charge >= 0.3 is 5.97 Å². The minimum Gasteiger partial charge on any atom is -0.465 e. The number of anilines is 1. The van der Waals surface area contributed by atoms with Gasteiger partial charge in [-0.15, -0.1) is 11.3 Å². The van der Waals surface area contributed by atoms with Gasteiger partial charge in [0, 0.05) is 10.8 Å². The molecule has 5 nitrogen and oxygen atoms in total. The van der Waals surface area contributed by atoms with Gasteiger partial charge in [0.25, 0.3) is 0 Å². The van der Waals surface area contributed by atoms with Crippen LogP contribution in [0.25, 0.3) is 0 Å². The molecule has 1 rings (SSSR count). The topological polar surface area (TPSA) is 72.5 Å². The molecular weight excluding hydrogens is 470 g/mol. The molecule has 0 bridgehead atoms. The predicted molar refractivity (Wildman–Crippen MR) is 85.8 cm³/mol. The lowest BCUT2D eigenvalue weighted by molar-refractivity contribution is -0.113. The zero-order chi connectivity index (χ0) is 14.8. The number of amides is 1. The summed E-state index contributed by atoms with van der Waals surface area (Å²) < 4.78 is 4.54. The Bertz CT molecular complexity index is 450. The van der Waals surface area contributed by atoms with E-state index in [2.05, 4.69) is 57.8 Å².